The Balaban J connectivity index is 1.45. The number of furan rings is 1. The number of nitriles is 1. The van der Waals surface area contributed by atoms with Gasteiger partial charge in [0, 0.05) is 28.9 Å². The summed E-state index contributed by atoms with van der Waals surface area (Å²) in [4.78, 5) is 12.8. The summed E-state index contributed by atoms with van der Waals surface area (Å²) in [5.41, 5.74) is 6.87. The van der Waals surface area contributed by atoms with Gasteiger partial charge >= 0.3 is 0 Å². The Labute approximate surface area is 211 Å². The second-order valence-electron chi connectivity index (χ2n) is 8.84. The summed E-state index contributed by atoms with van der Waals surface area (Å²) >= 11 is 0. The second-order valence-corrected chi connectivity index (χ2v) is 8.84. The number of hydrogen-bond donors (Lipinski definition) is 0. The quantitative estimate of drug-likeness (QED) is 0.255. The van der Waals surface area contributed by atoms with E-state index in [1.54, 1.807) is 7.05 Å². The molecule has 0 unspecified atom stereocenters. The van der Waals surface area contributed by atoms with Crippen molar-refractivity contribution >= 4 is 50.1 Å². The maximum Gasteiger partial charge on any atom is 0.232 e. The van der Waals surface area contributed by atoms with Gasteiger partial charge in [-0.1, -0.05) is 48.5 Å². The maximum atomic E-state index is 9.78. The normalized spacial score (nSPS) is 11.8. The molecule has 6 nitrogen and oxygen atoms in total. The first kappa shape index (κ1) is 21.0. The number of rotatable bonds is 3. The molecule has 7 rings (SSSR count). The van der Waals surface area contributed by atoms with Crippen LogP contribution in [0.1, 0.15) is 11.5 Å². The first-order chi connectivity index (χ1) is 18.2. The molecule has 0 aliphatic rings. The lowest BCUT2D eigenvalue weighted by Crippen LogP contribution is -1.96. The number of nitrogens with zero attached hydrogens (tertiary/aromatic N) is 5. The van der Waals surface area contributed by atoms with Crippen LogP contribution in [0.3, 0.4) is 0 Å². The topological polar surface area (TPSA) is 80.0 Å². The summed E-state index contributed by atoms with van der Waals surface area (Å²) in [6, 6.07) is 33.7. The standard InChI is InChI=1S/C31H19N5O/c1-33-18-29-34-25(17-32)30-24-16-20(12-14-28(24)37-31(30)35-29)19-11-13-27-23(15-19)22-9-5-6-10-26(22)36(27)21-7-3-2-4-8-21/h2-16,18H,1H3/b33-18-. The van der Waals surface area contributed by atoms with E-state index >= 15 is 0 Å². The van der Waals surface area contributed by atoms with Gasteiger partial charge in [-0.15, -0.1) is 0 Å². The predicted molar refractivity (Wildman–Crippen MR) is 147 cm³/mol. The Kier molecular flexibility index (Phi) is 4.63. The molecule has 3 aromatic heterocycles. The fourth-order valence-electron chi connectivity index (χ4n) is 5.13. The van der Waals surface area contributed by atoms with E-state index in [0.29, 0.717) is 22.5 Å². The van der Waals surface area contributed by atoms with Crippen LogP contribution in [0.4, 0.5) is 0 Å². The van der Waals surface area contributed by atoms with Gasteiger partial charge in [0.1, 0.15) is 11.7 Å². The van der Waals surface area contributed by atoms with Crippen molar-refractivity contribution < 1.29 is 4.42 Å². The first-order valence-electron chi connectivity index (χ1n) is 11.9. The van der Waals surface area contributed by atoms with Crippen molar-refractivity contribution in [2.24, 2.45) is 4.99 Å². The Morgan fingerprint density at radius 1 is 0.811 bits per heavy atom. The van der Waals surface area contributed by atoms with Crippen LogP contribution >= 0.6 is 0 Å². The van der Waals surface area contributed by atoms with E-state index in [0.717, 1.165) is 27.7 Å². The zero-order chi connectivity index (χ0) is 24.9. The van der Waals surface area contributed by atoms with Gasteiger partial charge in [-0.3, -0.25) is 4.99 Å². The van der Waals surface area contributed by atoms with Crippen molar-refractivity contribution in [2.75, 3.05) is 7.05 Å². The molecular weight excluding hydrogens is 458 g/mol. The Morgan fingerprint density at radius 3 is 2.35 bits per heavy atom. The third-order valence-corrected chi connectivity index (χ3v) is 6.72. The van der Waals surface area contributed by atoms with Crippen molar-refractivity contribution in [3.63, 3.8) is 0 Å². The molecule has 0 spiro atoms. The largest absolute Gasteiger partial charge is 0.438 e. The number of benzene rings is 4. The Morgan fingerprint density at radius 2 is 1.54 bits per heavy atom. The van der Waals surface area contributed by atoms with Crippen LogP contribution in [-0.4, -0.2) is 27.8 Å². The average molecular weight is 478 g/mol. The van der Waals surface area contributed by atoms with E-state index < -0.39 is 0 Å². The van der Waals surface area contributed by atoms with E-state index in [1.807, 2.05) is 18.2 Å². The molecule has 0 bridgehead atoms. The monoisotopic (exact) mass is 477 g/mol. The molecule has 174 valence electrons. The van der Waals surface area contributed by atoms with Gasteiger partial charge < -0.3 is 8.98 Å². The number of aliphatic imine (C=N–C) groups is 1. The molecule has 6 heteroatoms. The van der Waals surface area contributed by atoms with Crippen molar-refractivity contribution in [3.8, 4) is 22.9 Å². The SMILES string of the molecule is C/N=C\c1nc(C#N)c2c(n1)oc1ccc(-c3ccc4c(c3)c3ccccc3n4-c3ccccc3)cc12. The van der Waals surface area contributed by atoms with Gasteiger partial charge in [0.05, 0.1) is 22.6 Å². The minimum atomic E-state index is 0.275. The van der Waals surface area contributed by atoms with E-state index in [2.05, 4.69) is 98.4 Å². The van der Waals surface area contributed by atoms with Gasteiger partial charge in [0.2, 0.25) is 5.71 Å². The summed E-state index contributed by atoms with van der Waals surface area (Å²) in [6.07, 6.45) is 1.51. The second kappa shape index (κ2) is 8.14. The van der Waals surface area contributed by atoms with Crippen molar-refractivity contribution in [1.82, 2.24) is 14.5 Å². The van der Waals surface area contributed by atoms with Gasteiger partial charge in [-0.2, -0.15) is 10.2 Å². The van der Waals surface area contributed by atoms with E-state index in [-0.39, 0.29) is 5.69 Å². The van der Waals surface area contributed by atoms with E-state index in [9.17, 15) is 5.26 Å². The molecule has 0 atom stereocenters. The highest BCUT2D eigenvalue weighted by molar-refractivity contribution is 6.11. The molecule has 7 aromatic rings. The molecular formula is C31H19N5O. The highest BCUT2D eigenvalue weighted by atomic mass is 16.3. The summed E-state index contributed by atoms with van der Waals surface area (Å²) in [7, 11) is 1.64. The lowest BCUT2D eigenvalue weighted by molar-refractivity contribution is 0.652. The molecule has 0 saturated heterocycles. The minimum Gasteiger partial charge on any atom is -0.438 e. The van der Waals surface area contributed by atoms with E-state index in [4.69, 9.17) is 4.42 Å². The van der Waals surface area contributed by atoms with Crippen LogP contribution in [0.2, 0.25) is 0 Å². The van der Waals surface area contributed by atoms with Crippen LogP contribution in [0.15, 0.2) is 100 Å². The van der Waals surface area contributed by atoms with Crippen molar-refractivity contribution in [3.05, 3.63) is 103 Å². The molecule has 0 aliphatic carbocycles. The molecule has 4 aromatic carbocycles. The molecule has 0 amide bonds. The number of para-hydroxylation sites is 2. The summed E-state index contributed by atoms with van der Waals surface area (Å²) < 4.78 is 8.29. The van der Waals surface area contributed by atoms with Crippen LogP contribution in [0, 0.1) is 11.3 Å². The molecule has 0 saturated carbocycles. The van der Waals surface area contributed by atoms with Crippen molar-refractivity contribution in [2.45, 2.75) is 0 Å². The van der Waals surface area contributed by atoms with E-state index in [1.165, 1.54) is 22.5 Å². The maximum absolute atomic E-state index is 9.78. The smallest absolute Gasteiger partial charge is 0.232 e. The fraction of sp³-hybridized carbons (Fsp3) is 0.0323. The summed E-state index contributed by atoms with van der Waals surface area (Å²) in [5.74, 6) is 0.353. The third kappa shape index (κ3) is 3.22. The molecule has 3 heterocycles. The Hall–Kier alpha value is -5.28. The van der Waals surface area contributed by atoms with Crippen LogP contribution in [0.25, 0.3) is 60.7 Å². The molecule has 0 N–H and O–H groups in total. The third-order valence-electron chi connectivity index (χ3n) is 6.72. The van der Waals surface area contributed by atoms with Crippen molar-refractivity contribution in [1.29, 1.82) is 5.26 Å². The Bertz CT molecular complexity index is 2060. The number of hydrogen-bond acceptors (Lipinski definition) is 5. The molecule has 37 heavy (non-hydrogen) atoms. The summed E-state index contributed by atoms with van der Waals surface area (Å²) in [5, 5.41) is 13.6. The lowest BCUT2D eigenvalue weighted by atomic mass is 10.0. The zero-order valence-corrected chi connectivity index (χ0v) is 19.9. The van der Waals surface area contributed by atoms with Gasteiger partial charge in [0.25, 0.3) is 0 Å². The van der Waals surface area contributed by atoms with Crippen LogP contribution in [-0.2, 0) is 0 Å². The highest BCUT2D eigenvalue weighted by Crippen LogP contribution is 2.37. The molecule has 0 aliphatic heterocycles. The first-order valence-corrected chi connectivity index (χ1v) is 11.9. The van der Waals surface area contributed by atoms with Crippen LogP contribution < -0.4 is 0 Å². The highest BCUT2D eigenvalue weighted by Gasteiger charge is 2.17. The molecule has 0 fully saturated rings. The van der Waals surface area contributed by atoms with Crippen LogP contribution in [0.5, 0.6) is 0 Å². The minimum absolute atomic E-state index is 0.275. The zero-order valence-electron chi connectivity index (χ0n) is 19.9. The summed E-state index contributed by atoms with van der Waals surface area (Å²) in [6.45, 7) is 0. The number of fused-ring (bicyclic) bond motifs is 6. The fourth-order valence-corrected chi connectivity index (χ4v) is 5.13. The van der Waals surface area contributed by atoms with Gasteiger partial charge in [-0.25, -0.2) is 4.98 Å². The predicted octanol–water partition coefficient (Wildman–Crippen LogP) is 7.06. The van der Waals surface area contributed by atoms with Gasteiger partial charge in [0.15, 0.2) is 11.5 Å². The average Bonchev–Trinajstić information content (AvgIpc) is 3.48. The van der Waals surface area contributed by atoms with Gasteiger partial charge in [-0.05, 0) is 53.6 Å². The lowest BCUT2D eigenvalue weighted by Gasteiger charge is -2.08. The molecule has 0 radical (unpaired) electrons. The number of aromatic nitrogens is 3.